The summed E-state index contributed by atoms with van der Waals surface area (Å²) in [5.41, 5.74) is 1.79. The summed E-state index contributed by atoms with van der Waals surface area (Å²) < 4.78 is 0. The second-order valence-electron chi connectivity index (χ2n) is 6.67. The van der Waals surface area contributed by atoms with Crippen LogP contribution in [0.15, 0.2) is 35.3 Å². The minimum Gasteiger partial charge on any atom is -0.361 e. The summed E-state index contributed by atoms with van der Waals surface area (Å²) in [6, 6.07) is 11.8. The number of rotatable bonds is 3. The molecule has 2 unspecified atom stereocenters. The van der Waals surface area contributed by atoms with Gasteiger partial charge in [0.2, 0.25) is 0 Å². The molecule has 2 nitrogen and oxygen atoms in total. The molecule has 1 aromatic rings. The molecule has 1 aliphatic heterocycles. The van der Waals surface area contributed by atoms with E-state index in [1.807, 2.05) is 11.8 Å². The summed E-state index contributed by atoms with van der Waals surface area (Å²) in [5.74, 6) is 1.14. The molecule has 0 aromatic heterocycles. The minimum atomic E-state index is 0.382. The highest BCUT2D eigenvalue weighted by Crippen LogP contribution is 2.40. The number of thioether (sulfide) groups is 1. The van der Waals surface area contributed by atoms with Gasteiger partial charge in [-0.15, -0.1) is 0 Å². The van der Waals surface area contributed by atoms with E-state index in [0.717, 1.165) is 12.2 Å². The molecule has 1 heterocycles. The Balaban J connectivity index is 1.59. The van der Waals surface area contributed by atoms with Crippen molar-refractivity contribution in [3.8, 4) is 0 Å². The van der Waals surface area contributed by atoms with Gasteiger partial charge >= 0.3 is 0 Å². The van der Waals surface area contributed by atoms with E-state index < -0.39 is 0 Å². The van der Waals surface area contributed by atoms with Gasteiger partial charge in [-0.2, -0.15) is 0 Å². The molecular formula is C17H24N2S. The number of amidine groups is 1. The molecule has 2 atom stereocenters. The van der Waals surface area contributed by atoms with Crippen molar-refractivity contribution in [2.24, 2.45) is 10.4 Å². The molecular weight excluding hydrogens is 264 g/mol. The zero-order valence-corrected chi connectivity index (χ0v) is 13.2. The topological polar surface area (TPSA) is 24.4 Å². The third kappa shape index (κ3) is 3.20. The average molecular weight is 288 g/mol. The van der Waals surface area contributed by atoms with Crippen molar-refractivity contribution < 1.29 is 0 Å². The second-order valence-corrected chi connectivity index (χ2v) is 7.68. The fourth-order valence-electron chi connectivity index (χ4n) is 3.21. The molecule has 1 aromatic carbocycles. The lowest BCUT2D eigenvalue weighted by molar-refractivity contribution is 0.334. The molecule has 0 bridgehead atoms. The van der Waals surface area contributed by atoms with Gasteiger partial charge in [0.1, 0.15) is 0 Å². The minimum absolute atomic E-state index is 0.382. The van der Waals surface area contributed by atoms with Crippen LogP contribution >= 0.6 is 11.8 Å². The van der Waals surface area contributed by atoms with Gasteiger partial charge in [0, 0.05) is 11.8 Å². The van der Waals surface area contributed by atoms with Gasteiger partial charge in [-0.25, -0.2) is 0 Å². The summed E-state index contributed by atoms with van der Waals surface area (Å²) in [7, 11) is 0. The third-order valence-electron chi connectivity index (χ3n) is 4.55. The first-order valence-electron chi connectivity index (χ1n) is 7.64. The van der Waals surface area contributed by atoms with Gasteiger partial charge in [0.05, 0.1) is 6.04 Å². The normalized spacial score (nSPS) is 30.6. The van der Waals surface area contributed by atoms with Gasteiger partial charge in [0.25, 0.3) is 0 Å². The van der Waals surface area contributed by atoms with Crippen LogP contribution in [0.3, 0.4) is 0 Å². The lowest BCUT2D eigenvalue weighted by Gasteiger charge is -2.23. The summed E-state index contributed by atoms with van der Waals surface area (Å²) in [6.45, 7) is 4.71. The summed E-state index contributed by atoms with van der Waals surface area (Å²) in [6.07, 6.45) is 4.99. The van der Waals surface area contributed by atoms with Gasteiger partial charge in [-0.05, 0) is 30.2 Å². The van der Waals surface area contributed by atoms with Crippen molar-refractivity contribution >= 4 is 16.9 Å². The summed E-state index contributed by atoms with van der Waals surface area (Å²) in [4.78, 5) is 4.99. The van der Waals surface area contributed by atoms with E-state index in [1.54, 1.807) is 0 Å². The molecule has 0 radical (unpaired) electrons. The number of aliphatic imine (C=N–C) groups is 1. The van der Waals surface area contributed by atoms with Crippen LogP contribution in [-0.2, 0) is 6.42 Å². The van der Waals surface area contributed by atoms with Crippen molar-refractivity contribution in [1.82, 2.24) is 5.32 Å². The largest absolute Gasteiger partial charge is 0.361 e. The molecule has 1 aliphatic carbocycles. The van der Waals surface area contributed by atoms with Gasteiger partial charge < -0.3 is 5.32 Å². The van der Waals surface area contributed by atoms with Crippen LogP contribution in [-0.4, -0.2) is 23.0 Å². The maximum absolute atomic E-state index is 4.99. The lowest BCUT2D eigenvalue weighted by Crippen LogP contribution is -2.31. The molecule has 3 rings (SSSR count). The first kappa shape index (κ1) is 14.0. The highest BCUT2D eigenvalue weighted by Gasteiger charge is 2.35. The monoisotopic (exact) mass is 288 g/mol. The average Bonchev–Trinajstić information content (AvgIpc) is 2.99. The predicted molar refractivity (Wildman–Crippen MR) is 88.4 cm³/mol. The van der Waals surface area contributed by atoms with Crippen molar-refractivity contribution in [2.75, 3.05) is 5.75 Å². The Morgan fingerprint density at radius 2 is 2.10 bits per heavy atom. The van der Waals surface area contributed by atoms with Crippen LogP contribution in [0, 0.1) is 5.41 Å². The fourth-order valence-corrected chi connectivity index (χ4v) is 4.22. The molecule has 1 N–H and O–H groups in total. The first-order chi connectivity index (χ1) is 9.63. The molecule has 2 fully saturated rings. The SMILES string of the molecule is CC1(C)CCCC1N=C1NC(Cc2ccccc2)CS1. The molecule has 2 aliphatic rings. The Hall–Kier alpha value is -0.960. The third-order valence-corrected chi connectivity index (χ3v) is 5.61. The molecule has 20 heavy (non-hydrogen) atoms. The fraction of sp³-hybridized carbons (Fsp3) is 0.588. The van der Waals surface area contributed by atoms with Gasteiger partial charge in [-0.3, -0.25) is 4.99 Å². The number of nitrogens with zero attached hydrogens (tertiary/aromatic N) is 1. The van der Waals surface area contributed by atoms with Gasteiger partial charge in [-0.1, -0.05) is 62.4 Å². The van der Waals surface area contributed by atoms with Crippen LogP contribution in [0.4, 0.5) is 0 Å². The Morgan fingerprint density at radius 1 is 1.30 bits per heavy atom. The van der Waals surface area contributed by atoms with E-state index in [1.165, 1.54) is 30.0 Å². The van der Waals surface area contributed by atoms with E-state index in [9.17, 15) is 0 Å². The maximum atomic E-state index is 4.99. The van der Waals surface area contributed by atoms with Crippen molar-refractivity contribution in [1.29, 1.82) is 0 Å². The van der Waals surface area contributed by atoms with E-state index in [4.69, 9.17) is 4.99 Å². The van der Waals surface area contributed by atoms with Crippen LogP contribution < -0.4 is 5.32 Å². The first-order valence-corrected chi connectivity index (χ1v) is 8.63. The molecule has 0 amide bonds. The van der Waals surface area contributed by atoms with Crippen LogP contribution in [0.2, 0.25) is 0 Å². The van der Waals surface area contributed by atoms with E-state index in [-0.39, 0.29) is 0 Å². The highest BCUT2D eigenvalue weighted by atomic mass is 32.2. The lowest BCUT2D eigenvalue weighted by atomic mass is 9.88. The Morgan fingerprint density at radius 3 is 2.80 bits per heavy atom. The van der Waals surface area contributed by atoms with E-state index >= 15 is 0 Å². The highest BCUT2D eigenvalue weighted by molar-refractivity contribution is 8.14. The molecule has 108 valence electrons. The smallest absolute Gasteiger partial charge is 0.157 e. The summed E-state index contributed by atoms with van der Waals surface area (Å²) in [5, 5.41) is 4.79. The molecule has 1 saturated carbocycles. The molecule has 0 spiro atoms. The maximum Gasteiger partial charge on any atom is 0.157 e. The number of hydrogen-bond acceptors (Lipinski definition) is 2. The zero-order chi connectivity index (χ0) is 14.0. The Kier molecular flexibility index (Phi) is 4.06. The number of nitrogens with one attached hydrogen (secondary N) is 1. The van der Waals surface area contributed by atoms with Crippen LogP contribution in [0.5, 0.6) is 0 Å². The standard InChI is InChI=1S/C17H24N2S/c1-17(2)10-6-9-15(17)19-16-18-14(12-20-16)11-13-7-4-3-5-8-13/h3-5,7-8,14-15H,6,9-12H2,1-2H3,(H,18,19). The van der Waals surface area contributed by atoms with Crippen LogP contribution in [0.25, 0.3) is 0 Å². The Bertz CT molecular complexity index is 481. The molecule has 1 saturated heterocycles. The quantitative estimate of drug-likeness (QED) is 0.913. The number of hydrogen-bond donors (Lipinski definition) is 1. The van der Waals surface area contributed by atoms with Crippen molar-refractivity contribution in [3.63, 3.8) is 0 Å². The van der Waals surface area contributed by atoms with Crippen LogP contribution in [0.1, 0.15) is 38.7 Å². The zero-order valence-electron chi connectivity index (χ0n) is 12.4. The predicted octanol–water partition coefficient (Wildman–Crippen LogP) is 3.87. The second kappa shape index (κ2) is 5.80. The van der Waals surface area contributed by atoms with Gasteiger partial charge in [0.15, 0.2) is 5.17 Å². The Labute approximate surface area is 126 Å². The molecule has 3 heteroatoms. The number of benzene rings is 1. The summed E-state index contributed by atoms with van der Waals surface area (Å²) >= 11 is 1.90. The van der Waals surface area contributed by atoms with Crippen molar-refractivity contribution in [3.05, 3.63) is 35.9 Å². The van der Waals surface area contributed by atoms with E-state index in [2.05, 4.69) is 49.5 Å². The van der Waals surface area contributed by atoms with Crippen molar-refractivity contribution in [2.45, 2.75) is 51.6 Å². The van der Waals surface area contributed by atoms with E-state index in [0.29, 0.717) is 17.5 Å².